The minimum absolute atomic E-state index is 0.154. The van der Waals surface area contributed by atoms with Crippen LogP contribution < -0.4 is 0 Å². The van der Waals surface area contributed by atoms with Crippen LogP contribution in [0.3, 0.4) is 0 Å². The van der Waals surface area contributed by atoms with Crippen LogP contribution in [-0.4, -0.2) is 28.7 Å². The fourth-order valence-corrected chi connectivity index (χ4v) is 1.70. The lowest BCUT2D eigenvalue weighted by Crippen LogP contribution is -2.28. The molecular weight excluding hydrogens is 204 g/mol. The van der Waals surface area contributed by atoms with Crippen LogP contribution in [-0.2, 0) is 4.79 Å². The predicted octanol–water partition coefficient (Wildman–Crippen LogP) is 2.44. The van der Waals surface area contributed by atoms with Gasteiger partial charge in [0.1, 0.15) is 6.29 Å². The maximum Gasteiger partial charge on any atom is 0.119 e. The summed E-state index contributed by atoms with van der Waals surface area (Å²) in [7, 11) is 0. The van der Waals surface area contributed by atoms with Crippen molar-refractivity contribution < 1.29 is 15.0 Å². The first-order chi connectivity index (χ1) is 7.62. The zero-order valence-corrected chi connectivity index (χ0v) is 10.5. The topological polar surface area (TPSA) is 57.5 Å². The van der Waals surface area contributed by atoms with E-state index in [9.17, 15) is 9.90 Å². The molecule has 96 valence electrons. The van der Waals surface area contributed by atoms with Crippen LogP contribution in [0.5, 0.6) is 0 Å². The van der Waals surface area contributed by atoms with Crippen LogP contribution in [0.4, 0.5) is 0 Å². The number of carbonyl (C=O) groups excluding carboxylic acids is 1. The Bertz CT molecular complexity index is 167. The van der Waals surface area contributed by atoms with E-state index in [1.807, 2.05) is 0 Å². The lowest BCUT2D eigenvalue weighted by molar-refractivity contribution is -0.107. The van der Waals surface area contributed by atoms with Crippen molar-refractivity contribution in [3.8, 4) is 0 Å². The van der Waals surface area contributed by atoms with Gasteiger partial charge < -0.3 is 15.0 Å². The Balaban J connectivity index is 3.12. The standard InChI is InChI=1S/C13H26O3/c1-13(16,12-15)10-8-6-4-2-3-5-7-9-11-14/h11,15-16H,2-10,12H2,1H3. The molecule has 0 aliphatic rings. The quantitative estimate of drug-likeness (QED) is 0.423. The Kier molecular flexibility index (Phi) is 9.54. The fraction of sp³-hybridized carbons (Fsp3) is 0.923. The largest absolute Gasteiger partial charge is 0.393 e. The molecule has 0 saturated heterocycles. The van der Waals surface area contributed by atoms with Gasteiger partial charge in [0.15, 0.2) is 0 Å². The van der Waals surface area contributed by atoms with Gasteiger partial charge in [0.25, 0.3) is 0 Å². The van der Waals surface area contributed by atoms with Gasteiger partial charge in [-0.25, -0.2) is 0 Å². The maximum absolute atomic E-state index is 10.1. The van der Waals surface area contributed by atoms with Crippen molar-refractivity contribution in [2.24, 2.45) is 0 Å². The summed E-state index contributed by atoms with van der Waals surface area (Å²) in [5.41, 5.74) is -0.899. The van der Waals surface area contributed by atoms with Gasteiger partial charge in [0.2, 0.25) is 0 Å². The molecular formula is C13H26O3. The third kappa shape index (κ3) is 10.1. The molecule has 2 N–H and O–H groups in total. The monoisotopic (exact) mass is 230 g/mol. The van der Waals surface area contributed by atoms with Gasteiger partial charge in [-0.15, -0.1) is 0 Å². The van der Waals surface area contributed by atoms with Gasteiger partial charge in [-0.1, -0.05) is 38.5 Å². The highest BCUT2D eigenvalue weighted by atomic mass is 16.3. The molecule has 3 heteroatoms. The van der Waals surface area contributed by atoms with Crippen molar-refractivity contribution >= 4 is 6.29 Å². The average molecular weight is 230 g/mol. The molecule has 0 radical (unpaired) electrons. The summed E-state index contributed by atoms with van der Waals surface area (Å²) in [5.74, 6) is 0. The lowest BCUT2D eigenvalue weighted by Gasteiger charge is -2.19. The second kappa shape index (κ2) is 9.79. The van der Waals surface area contributed by atoms with Crippen LogP contribution in [0.25, 0.3) is 0 Å². The summed E-state index contributed by atoms with van der Waals surface area (Å²) >= 11 is 0. The Morgan fingerprint density at radius 2 is 1.50 bits per heavy atom. The van der Waals surface area contributed by atoms with Crippen molar-refractivity contribution in [2.75, 3.05) is 6.61 Å². The summed E-state index contributed by atoms with van der Waals surface area (Å²) in [6.07, 6.45) is 10.2. The molecule has 0 aliphatic carbocycles. The summed E-state index contributed by atoms with van der Waals surface area (Å²) in [4.78, 5) is 10.1. The van der Waals surface area contributed by atoms with Crippen molar-refractivity contribution in [3.63, 3.8) is 0 Å². The van der Waals surface area contributed by atoms with Crippen molar-refractivity contribution in [1.82, 2.24) is 0 Å². The number of hydrogen-bond donors (Lipinski definition) is 2. The van der Waals surface area contributed by atoms with Crippen LogP contribution in [0.15, 0.2) is 0 Å². The minimum atomic E-state index is -0.899. The Morgan fingerprint density at radius 3 is 2.00 bits per heavy atom. The highest BCUT2D eigenvalue weighted by molar-refractivity contribution is 5.48. The van der Waals surface area contributed by atoms with Crippen LogP contribution in [0.2, 0.25) is 0 Å². The van der Waals surface area contributed by atoms with E-state index in [4.69, 9.17) is 5.11 Å². The molecule has 0 heterocycles. The second-order valence-corrected chi connectivity index (χ2v) is 4.84. The van der Waals surface area contributed by atoms with Gasteiger partial charge in [0.05, 0.1) is 12.2 Å². The third-order valence-electron chi connectivity index (χ3n) is 2.88. The first-order valence-corrected chi connectivity index (χ1v) is 6.39. The molecule has 0 aliphatic heterocycles. The first-order valence-electron chi connectivity index (χ1n) is 6.39. The third-order valence-corrected chi connectivity index (χ3v) is 2.88. The summed E-state index contributed by atoms with van der Waals surface area (Å²) in [5, 5.41) is 18.4. The van der Waals surface area contributed by atoms with E-state index >= 15 is 0 Å². The molecule has 16 heavy (non-hydrogen) atoms. The van der Waals surface area contributed by atoms with Gasteiger partial charge in [0, 0.05) is 6.42 Å². The van der Waals surface area contributed by atoms with Crippen molar-refractivity contribution in [2.45, 2.75) is 70.3 Å². The second-order valence-electron chi connectivity index (χ2n) is 4.84. The molecule has 0 fully saturated rings. The Labute approximate surface area is 98.9 Å². The van der Waals surface area contributed by atoms with E-state index in [1.165, 1.54) is 19.3 Å². The van der Waals surface area contributed by atoms with E-state index < -0.39 is 5.60 Å². The van der Waals surface area contributed by atoms with E-state index in [1.54, 1.807) is 6.92 Å². The number of aldehydes is 1. The van der Waals surface area contributed by atoms with E-state index in [0.29, 0.717) is 12.8 Å². The molecule has 0 aromatic heterocycles. The number of carbonyl (C=O) groups is 1. The molecule has 0 amide bonds. The Morgan fingerprint density at radius 1 is 1.00 bits per heavy atom. The number of unbranched alkanes of at least 4 members (excludes halogenated alkanes) is 7. The fourth-order valence-electron chi connectivity index (χ4n) is 1.70. The first kappa shape index (κ1) is 15.6. The molecule has 1 atom stereocenters. The number of hydrogen-bond acceptors (Lipinski definition) is 3. The smallest absolute Gasteiger partial charge is 0.119 e. The SMILES string of the molecule is CC(O)(CO)CCCCCCCCCC=O. The normalized spacial score (nSPS) is 14.7. The molecule has 0 aromatic carbocycles. The van der Waals surface area contributed by atoms with Crippen LogP contribution in [0.1, 0.15) is 64.7 Å². The molecule has 0 spiro atoms. The molecule has 0 rings (SSSR count). The molecule has 1 unspecified atom stereocenters. The number of rotatable bonds is 11. The summed E-state index contributed by atoms with van der Waals surface area (Å²) in [6.45, 7) is 1.52. The molecule has 0 bridgehead atoms. The molecule has 0 aromatic rings. The summed E-state index contributed by atoms with van der Waals surface area (Å²) in [6, 6.07) is 0. The van der Waals surface area contributed by atoms with Crippen LogP contribution in [0, 0.1) is 0 Å². The highest BCUT2D eigenvalue weighted by Gasteiger charge is 2.17. The number of aliphatic hydroxyl groups excluding tert-OH is 1. The lowest BCUT2D eigenvalue weighted by atomic mass is 9.98. The minimum Gasteiger partial charge on any atom is -0.393 e. The van der Waals surface area contributed by atoms with E-state index in [-0.39, 0.29) is 6.61 Å². The zero-order valence-electron chi connectivity index (χ0n) is 10.5. The van der Waals surface area contributed by atoms with Crippen LogP contribution >= 0.6 is 0 Å². The number of aliphatic hydroxyl groups is 2. The van der Waals surface area contributed by atoms with Gasteiger partial charge in [-0.2, -0.15) is 0 Å². The predicted molar refractivity (Wildman–Crippen MR) is 65.3 cm³/mol. The van der Waals surface area contributed by atoms with Gasteiger partial charge in [-0.05, 0) is 19.8 Å². The van der Waals surface area contributed by atoms with Gasteiger partial charge >= 0.3 is 0 Å². The Hall–Kier alpha value is -0.410. The molecule has 3 nitrogen and oxygen atoms in total. The maximum atomic E-state index is 10.1. The average Bonchev–Trinajstić information content (AvgIpc) is 2.27. The van der Waals surface area contributed by atoms with E-state index in [2.05, 4.69) is 0 Å². The highest BCUT2D eigenvalue weighted by Crippen LogP contribution is 2.15. The van der Waals surface area contributed by atoms with Crippen molar-refractivity contribution in [3.05, 3.63) is 0 Å². The van der Waals surface area contributed by atoms with Gasteiger partial charge in [-0.3, -0.25) is 0 Å². The van der Waals surface area contributed by atoms with E-state index in [0.717, 1.165) is 32.0 Å². The zero-order chi connectivity index (χ0) is 12.3. The summed E-state index contributed by atoms with van der Waals surface area (Å²) < 4.78 is 0. The van der Waals surface area contributed by atoms with Crippen molar-refractivity contribution in [1.29, 1.82) is 0 Å². The molecule has 0 saturated carbocycles.